The summed E-state index contributed by atoms with van der Waals surface area (Å²) in [5.41, 5.74) is 1.53. The van der Waals surface area contributed by atoms with Gasteiger partial charge < -0.3 is 5.32 Å². The molecule has 0 saturated heterocycles. The van der Waals surface area contributed by atoms with E-state index in [1.54, 1.807) is 0 Å². The number of hydrogen-bond donors (Lipinski definition) is 1. The second-order valence-corrected chi connectivity index (χ2v) is 4.00. The topological polar surface area (TPSA) is 42.0 Å². The van der Waals surface area contributed by atoms with Crippen molar-refractivity contribution in [2.45, 2.75) is 6.42 Å². The molecule has 1 aromatic heterocycles. The van der Waals surface area contributed by atoms with Crippen LogP contribution in [0.4, 0.5) is 5.69 Å². The first-order valence-corrected chi connectivity index (χ1v) is 4.77. The maximum Gasteiger partial charge on any atom is 0.230 e. The number of fused-ring (bicyclic) bond motifs is 1. The smallest absolute Gasteiger partial charge is 0.230 e. The fourth-order valence-corrected chi connectivity index (χ4v) is 1.68. The molecule has 0 aliphatic carbocycles. The molecule has 0 bridgehead atoms. The largest absolute Gasteiger partial charge is 0.324 e. The first kappa shape index (κ1) is 8.25. The van der Waals surface area contributed by atoms with Gasteiger partial charge in [0, 0.05) is 0 Å². The van der Waals surface area contributed by atoms with E-state index in [4.69, 9.17) is 11.6 Å². The van der Waals surface area contributed by atoms with Gasteiger partial charge in [0.25, 0.3) is 0 Å². The predicted octanol–water partition coefficient (Wildman–Crippen LogP) is 1.83. The standard InChI is InChI=1S/C7H4ClIN2O/c8-7-3(9)1-4-5(11-7)2-6(12)10-4/h1H,2H2,(H,10,12). The van der Waals surface area contributed by atoms with E-state index in [1.807, 2.05) is 6.07 Å². The molecular formula is C7H4ClIN2O. The van der Waals surface area contributed by atoms with Gasteiger partial charge in [-0.15, -0.1) is 0 Å². The van der Waals surface area contributed by atoms with Crippen LogP contribution in [0.2, 0.25) is 5.15 Å². The Morgan fingerprint density at radius 2 is 2.42 bits per heavy atom. The second kappa shape index (κ2) is 2.85. The van der Waals surface area contributed by atoms with Gasteiger partial charge in [0.2, 0.25) is 5.91 Å². The summed E-state index contributed by atoms with van der Waals surface area (Å²) in [7, 11) is 0. The molecule has 0 radical (unpaired) electrons. The zero-order valence-electron chi connectivity index (χ0n) is 5.90. The third kappa shape index (κ3) is 1.29. The molecule has 0 fully saturated rings. The van der Waals surface area contributed by atoms with E-state index in [-0.39, 0.29) is 5.91 Å². The molecule has 0 saturated carbocycles. The van der Waals surface area contributed by atoms with Crippen molar-refractivity contribution in [3.63, 3.8) is 0 Å². The van der Waals surface area contributed by atoms with Gasteiger partial charge in [-0.1, -0.05) is 11.6 Å². The van der Waals surface area contributed by atoms with Gasteiger partial charge in [-0.05, 0) is 28.7 Å². The van der Waals surface area contributed by atoms with Crippen molar-refractivity contribution in [1.29, 1.82) is 0 Å². The third-order valence-electron chi connectivity index (χ3n) is 1.61. The minimum absolute atomic E-state index is 0.0180. The molecular weight excluding hydrogens is 290 g/mol. The molecule has 2 heterocycles. The Kier molecular flexibility index (Phi) is 1.96. The molecule has 12 heavy (non-hydrogen) atoms. The molecule has 1 aliphatic rings. The lowest BCUT2D eigenvalue weighted by Gasteiger charge is -1.99. The number of carbonyl (C=O) groups excluding carboxylic acids is 1. The van der Waals surface area contributed by atoms with E-state index in [2.05, 4.69) is 32.9 Å². The zero-order valence-corrected chi connectivity index (χ0v) is 8.81. The summed E-state index contributed by atoms with van der Waals surface area (Å²) in [6.07, 6.45) is 0.339. The predicted molar refractivity (Wildman–Crippen MR) is 54.3 cm³/mol. The van der Waals surface area contributed by atoms with E-state index in [9.17, 15) is 4.79 Å². The number of aromatic nitrogens is 1. The molecule has 5 heteroatoms. The Morgan fingerprint density at radius 1 is 1.67 bits per heavy atom. The van der Waals surface area contributed by atoms with Crippen LogP contribution in [0.25, 0.3) is 0 Å². The van der Waals surface area contributed by atoms with Crippen LogP contribution < -0.4 is 5.32 Å². The molecule has 2 rings (SSSR count). The first-order valence-electron chi connectivity index (χ1n) is 3.31. The molecule has 1 N–H and O–H groups in total. The van der Waals surface area contributed by atoms with Crippen molar-refractivity contribution in [2.24, 2.45) is 0 Å². The molecule has 3 nitrogen and oxygen atoms in total. The average Bonchev–Trinajstić information content (AvgIpc) is 2.30. The van der Waals surface area contributed by atoms with Crippen LogP contribution in [0.3, 0.4) is 0 Å². The van der Waals surface area contributed by atoms with Gasteiger partial charge in [0.05, 0.1) is 21.4 Å². The SMILES string of the molecule is O=C1Cc2nc(Cl)c(I)cc2N1. The number of nitrogens with one attached hydrogen (secondary N) is 1. The van der Waals surface area contributed by atoms with E-state index in [1.165, 1.54) is 0 Å². The monoisotopic (exact) mass is 294 g/mol. The molecule has 0 spiro atoms. The number of hydrogen-bond acceptors (Lipinski definition) is 2. The van der Waals surface area contributed by atoms with E-state index < -0.39 is 0 Å². The van der Waals surface area contributed by atoms with Gasteiger partial charge in [-0.3, -0.25) is 4.79 Å². The summed E-state index contributed by atoms with van der Waals surface area (Å²) in [5, 5.41) is 3.16. The van der Waals surface area contributed by atoms with Crippen molar-refractivity contribution < 1.29 is 4.79 Å². The number of pyridine rings is 1. The van der Waals surface area contributed by atoms with E-state index in [0.717, 1.165) is 15.0 Å². The van der Waals surface area contributed by atoms with Crippen molar-refractivity contribution >= 4 is 45.8 Å². The van der Waals surface area contributed by atoms with Crippen LogP contribution in [-0.2, 0) is 11.2 Å². The maximum absolute atomic E-state index is 10.9. The molecule has 0 aromatic carbocycles. The lowest BCUT2D eigenvalue weighted by Crippen LogP contribution is -2.03. The molecule has 1 aliphatic heterocycles. The summed E-state index contributed by atoms with van der Waals surface area (Å²) >= 11 is 7.86. The Hall–Kier alpha value is -0.360. The Balaban J connectivity index is 2.55. The van der Waals surface area contributed by atoms with Crippen LogP contribution in [0, 0.1) is 3.57 Å². The highest BCUT2D eigenvalue weighted by atomic mass is 127. The number of nitrogens with zero attached hydrogens (tertiary/aromatic N) is 1. The molecule has 62 valence electrons. The highest BCUT2D eigenvalue weighted by Gasteiger charge is 2.20. The highest BCUT2D eigenvalue weighted by molar-refractivity contribution is 14.1. The van der Waals surface area contributed by atoms with E-state index >= 15 is 0 Å². The quantitative estimate of drug-likeness (QED) is 0.586. The van der Waals surface area contributed by atoms with Gasteiger partial charge in [0.1, 0.15) is 5.15 Å². The van der Waals surface area contributed by atoms with Crippen LogP contribution in [-0.4, -0.2) is 10.9 Å². The van der Waals surface area contributed by atoms with Gasteiger partial charge >= 0.3 is 0 Å². The summed E-state index contributed by atoms with van der Waals surface area (Å²) in [5.74, 6) is -0.0180. The first-order chi connectivity index (χ1) is 5.66. The van der Waals surface area contributed by atoms with Crippen LogP contribution >= 0.6 is 34.2 Å². The second-order valence-electron chi connectivity index (χ2n) is 2.48. The Morgan fingerprint density at radius 3 is 3.17 bits per heavy atom. The summed E-state index contributed by atoms with van der Waals surface area (Å²) in [4.78, 5) is 15.0. The average molecular weight is 294 g/mol. The normalized spacial score (nSPS) is 14.3. The van der Waals surface area contributed by atoms with Gasteiger partial charge in [-0.2, -0.15) is 0 Å². The summed E-state index contributed by atoms with van der Waals surface area (Å²) in [6.45, 7) is 0. The van der Waals surface area contributed by atoms with E-state index in [0.29, 0.717) is 11.6 Å². The van der Waals surface area contributed by atoms with Gasteiger partial charge in [-0.25, -0.2) is 4.98 Å². The summed E-state index contributed by atoms with van der Waals surface area (Å²) < 4.78 is 0.857. The molecule has 1 amide bonds. The van der Waals surface area contributed by atoms with Crippen molar-refractivity contribution in [2.75, 3.05) is 5.32 Å². The number of carbonyl (C=O) groups is 1. The molecule has 0 atom stereocenters. The van der Waals surface area contributed by atoms with Crippen LogP contribution in [0.15, 0.2) is 6.07 Å². The zero-order chi connectivity index (χ0) is 8.72. The van der Waals surface area contributed by atoms with Crippen molar-refractivity contribution in [3.8, 4) is 0 Å². The lowest BCUT2D eigenvalue weighted by molar-refractivity contribution is -0.115. The molecule has 1 aromatic rings. The lowest BCUT2D eigenvalue weighted by atomic mass is 10.3. The number of halogens is 2. The Bertz CT molecular complexity index is 334. The number of anilines is 1. The highest BCUT2D eigenvalue weighted by Crippen LogP contribution is 2.26. The Labute approximate surface area is 87.7 Å². The number of rotatable bonds is 0. The molecule has 0 unspecified atom stereocenters. The maximum atomic E-state index is 10.9. The minimum Gasteiger partial charge on any atom is -0.324 e. The number of amides is 1. The third-order valence-corrected chi connectivity index (χ3v) is 3.04. The fraction of sp³-hybridized carbons (Fsp3) is 0.143. The fourth-order valence-electron chi connectivity index (χ4n) is 1.09. The van der Waals surface area contributed by atoms with Crippen molar-refractivity contribution in [1.82, 2.24) is 4.98 Å². The minimum atomic E-state index is -0.0180. The van der Waals surface area contributed by atoms with Crippen LogP contribution in [0.1, 0.15) is 5.69 Å². The van der Waals surface area contributed by atoms with Crippen molar-refractivity contribution in [3.05, 3.63) is 20.5 Å². The van der Waals surface area contributed by atoms with Crippen LogP contribution in [0.5, 0.6) is 0 Å². The summed E-state index contributed by atoms with van der Waals surface area (Å²) in [6, 6.07) is 1.83. The van der Waals surface area contributed by atoms with Gasteiger partial charge in [0.15, 0.2) is 0 Å².